The van der Waals surface area contributed by atoms with Crippen LogP contribution in [0.1, 0.15) is 28.0 Å². The highest BCUT2D eigenvalue weighted by molar-refractivity contribution is 6.02. The molecule has 8 nitrogen and oxygen atoms in total. The molecule has 2 heterocycles. The fourth-order valence-electron chi connectivity index (χ4n) is 3.16. The number of anilines is 1. The Morgan fingerprint density at radius 1 is 1.03 bits per heavy atom. The number of nitrogens with one attached hydrogen (secondary N) is 1. The lowest BCUT2D eigenvalue weighted by Crippen LogP contribution is -2.14. The van der Waals surface area contributed by atoms with Gasteiger partial charge in [0.05, 0.1) is 18.0 Å². The summed E-state index contributed by atoms with van der Waals surface area (Å²) in [5.41, 5.74) is 2.41. The minimum Gasteiger partial charge on any atom is -0.461 e. The van der Waals surface area contributed by atoms with Gasteiger partial charge in [-0.15, -0.1) is 5.10 Å². The number of rotatable bonds is 6. The zero-order chi connectivity index (χ0) is 21.8. The predicted octanol–water partition coefficient (Wildman–Crippen LogP) is 3.70. The number of amides is 1. The first-order chi connectivity index (χ1) is 15.1. The van der Waals surface area contributed by atoms with Gasteiger partial charge in [-0.3, -0.25) is 4.79 Å². The first kappa shape index (κ1) is 20.1. The summed E-state index contributed by atoms with van der Waals surface area (Å²) in [5, 5.41) is 7.20. The van der Waals surface area contributed by atoms with E-state index < -0.39 is 11.9 Å². The third kappa shape index (κ3) is 4.23. The van der Waals surface area contributed by atoms with Crippen molar-refractivity contribution in [1.82, 2.24) is 19.3 Å². The molecule has 1 N–H and O–H groups in total. The SMILES string of the molecule is CCOC(=O)c1cc(NC(=O)c2nc(-c3ccccc3)n(-c3ccccc3)n2)cn1C. The molecule has 0 aliphatic rings. The molecule has 2 aromatic heterocycles. The Labute approximate surface area is 179 Å². The number of para-hydroxylation sites is 1. The Hall–Kier alpha value is -4.20. The van der Waals surface area contributed by atoms with Crippen molar-refractivity contribution in [3.05, 3.63) is 84.4 Å². The molecule has 0 atom stereocenters. The molecule has 0 fully saturated rings. The fourth-order valence-corrected chi connectivity index (χ4v) is 3.16. The average molecular weight is 415 g/mol. The lowest BCUT2D eigenvalue weighted by Gasteiger charge is -2.05. The summed E-state index contributed by atoms with van der Waals surface area (Å²) < 4.78 is 8.26. The predicted molar refractivity (Wildman–Crippen MR) is 116 cm³/mol. The number of aryl methyl sites for hydroxylation is 1. The maximum atomic E-state index is 12.9. The van der Waals surface area contributed by atoms with E-state index in [1.807, 2.05) is 60.7 Å². The van der Waals surface area contributed by atoms with Gasteiger partial charge in [-0.25, -0.2) is 14.5 Å². The molecule has 156 valence electrons. The standard InChI is InChI=1S/C23H21N5O3/c1-3-31-23(30)19-14-17(15-27(19)2)24-22(29)20-25-21(16-10-6-4-7-11-16)28(26-20)18-12-8-5-9-13-18/h4-15H,3H2,1-2H3,(H,24,29). The Morgan fingerprint density at radius 3 is 2.39 bits per heavy atom. The number of aromatic nitrogens is 4. The van der Waals surface area contributed by atoms with E-state index in [-0.39, 0.29) is 12.4 Å². The van der Waals surface area contributed by atoms with E-state index in [4.69, 9.17) is 4.74 Å². The lowest BCUT2D eigenvalue weighted by molar-refractivity contribution is 0.0515. The van der Waals surface area contributed by atoms with Crippen LogP contribution in [0.3, 0.4) is 0 Å². The Bertz CT molecular complexity index is 1160. The van der Waals surface area contributed by atoms with Gasteiger partial charge >= 0.3 is 5.97 Å². The van der Waals surface area contributed by atoms with E-state index in [1.54, 1.807) is 35.5 Å². The summed E-state index contributed by atoms with van der Waals surface area (Å²) in [6.45, 7) is 2.01. The van der Waals surface area contributed by atoms with Gasteiger partial charge in [0.2, 0.25) is 5.82 Å². The van der Waals surface area contributed by atoms with E-state index in [0.717, 1.165) is 11.3 Å². The van der Waals surface area contributed by atoms with Crippen molar-refractivity contribution in [2.45, 2.75) is 6.92 Å². The number of ether oxygens (including phenoxy) is 1. The van der Waals surface area contributed by atoms with Gasteiger partial charge in [0.15, 0.2) is 5.82 Å². The molecule has 0 bridgehead atoms. The molecule has 31 heavy (non-hydrogen) atoms. The highest BCUT2D eigenvalue weighted by Crippen LogP contribution is 2.22. The maximum absolute atomic E-state index is 12.9. The van der Waals surface area contributed by atoms with Crippen LogP contribution < -0.4 is 5.32 Å². The molecule has 0 spiro atoms. The number of hydrogen-bond donors (Lipinski definition) is 1. The van der Waals surface area contributed by atoms with Crippen molar-refractivity contribution in [1.29, 1.82) is 0 Å². The molecule has 2 aromatic carbocycles. The van der Waals surface area contributed by atoms with Gasteiger partial charge in [-0.1, -0.05) is 48.5 Å². The van der Waals surface area contributed by atoms with Gasteiger partial charge in [-0.2, -0.15) is 0 Å². The zero-order valence-corrected chi connectivity index (χ0v) is 17.1. The maximum Gasteiger partial charge on any atom is 0.355 e. The van der Waals surface area contributed by atoms with Crippen LogP contribution in [0.5, 0.6) is 0 Å². The molecule has 0 aliphatic heterocycles. The average Bonchev–Trinajstić information content (AvgIpc) is 3.39. The van der Waals surface area contributed by atoms with Crippen molar-refractivity contribution in [3.63, 3.8) is 0 Å². The van der Waals surface area contributed by atoms with Crippen LogP contribution in [0, 0.1) is 0 Å². The summed E-state index contributed by atoms with van der Waals surface area (Å²) >= 11 is 0. The fraction of sp³-hybridized carbons (Fsp3) is 0.130. The molecule has 0 saturated carbocycles. The Kier molecular flexibility index (Phi) is 5.61. The van der Waals surface area contributed by atoms with Gasteiger partial charge in [-0.05, 0) is 25.1 Å². The molecule has 1 amide bonds. The summed E-state index contributed by atoms with van der Waals surface area (Å²) in [6, 6.07) is 20.6. The van der Waals surface area contributed by atoms with Gasteiger partial charge in [0, 0.05) is 18.8 Å². The first-order valence-electron chi connectivity index (χ1n) is 9.79. The third-order valence-corrected chi connectivity index (χ3v) is 4.59. The number of carbonyl (C=O) groups excluding carboxylic acids is 2. The van der Waals surface area contributed by atoms with Crippen molar-refractivity contribution < 1.29 is 14.3 Å². The monoisotopic (exact) mass is 415 g/mol. The number of carbonyl (C=O) groups is 2. The second-order valence-electron chi connectivity index (χ2n) is 6.77. The Morgan fingerprint density at radius 2 is 1.71 bits per heavy atom. The van der Waals surface area contributed by atoms with E-state index in [2.05, 4.69) is 15.4 Å². The van der Waals surface area contributed by atoms with E-state index in [1.165, 1.54) is 0 Å². The van der Waals surface area contributed by atoms with Crippen LogP contribution in [0.2, 0.25) is 0 Å². The second kappa shape index (κ2) is 8.66. The minimum absolute atomic E-state index is 0.0178. The minimum atomic E-state index is -0.479. The van der Waals surface area contributed by atoms with Crippen molar-refractivity contribution in [3.8, 4) is 17.1 Å². The second-order valence-corrected chi connectivity index (χ2v) is 6.77. The number of benzene rings is 2. The van der Waals surface area contributed by atoms with Crippen LogP contribution in [0.4, 0.5) is 5.69 Å². The number of hydrogen-bond acceptors (Lipinski definition) is 5. The normalized spacial score (nSPS) is 10.6. The largest absolute Gasteiger partial charge is 0.461 e. The third-order valence-electron chi connectivity index (χ3n) is 4.59. The molecule has 8 heteroatoms. The van der Waals surface area contributed by atoms with Crippen molar-refractivity contribution in [2.24, 2.45) is 7.05 Å². The molecule has 0 aliphatic carbocycles. The summed E-state index contributed by atoms with van der Waals surface area (Å²) in [7, 11) is 1.71. The molecular weight excluding hydrogens is 394 g/mol. The van der Waals surface area contributed by atoms with Crippen LogP contribution in [0.25, 0.3) is 17.1 Å². The number of esters is 1. The van der Waals surface area contributed by atoms with Crippen LogP contribution in [-0.4, -0.2) is 37.8 Å². The molecular formula is C23H21N5O3. The van der Waals surface area contributed by atoms with Gasteiger partial charge in [0.1, 0.15) is 5.69 Å². The molecule has 0 saturated heterocycles. The van der Waals surface area contributed by atoms with E-state index in [9.17, 15) is 9.59 Å². The van der Waals surface area contributed by atoms with Crippen molar-refractivity contribution in [2.75, 3.05) is 11.9 Å². The Balaban J connectivity index is 1.66. The highest BCUT2D eigenvalue weighted by Gasteiger charge is 2.20. The first-order valence-corrected chi connectivity index (χ1v) is 9.79. The highest BCUT2D eigenvalue weighted by atomic mass is 16.5. The lowest BCUT2D eigenvalue weighted by atomic mass is 10.2. The van der Waals surface area contributed by atoms with Crippen LogP contribution >= 0.6 is 0 Å². The quantitative estimate of drug-likeness (QED) is 0.485. The summed E-state index contributed by atoms with van der Waals surface area (Å²) in [4.78, 5) is 29.4. The smallest absolute Gasteiger partial charge is 0.355 e. The molecule has 0 unspecified atom stereocenters. The van der Waals surface area contributed by atoms with Gasteiger partial charge in [0.25, 0.3) is 5.91 Å². The molecule has 4 rings (SSSR count). The van der Waals surface area contributed by atoms with E-state index >= 15 is 0 Å². The van der Waals surface area contributed by atoms with E-state index in [0.29, 0.717) is 17.2 Å². The number of nitrogens with zero attached hydrogens (tertiary/aromatic N) is 4. The summed E-state index contributed by atoms with van der Waals surface area (Å²) in [5.74, 6) is -0.363. The zero-order valence-electron chi connectivity index (χ0n) is 17.1. The molecule has 4 aromatic rings. The van der Waals surface area contributed by atoms with Gasteiger partial charge < -0.3 is 14.6 Å². The topological polar surface area (TPSA) is 91.0 Å². The van der Waals surface area contributed by atoms with Crippen LogP contribution in [0.15, 0.2) is 72.9 Å². The summed E-state index contributed by atoms with van der Waals surface area (Å²) in [6.07, 6.45) is 1.64. The van der Waals surface area contributed by atoms with Crippen LogP contribution in [-0.2, 0) is 11.8 Å². The van der Waals surface area contributed by atoms with Crippen molar-refractivity contribution >= 4 is 17.6 Å². The molecule has 0 radical (unpaired) electrons.